The number of nitrogens with zero attached hydrogens (tertiary/aromatic N) is 1. The summed E-state index contributed by atoms with van der Waals surface area (Å²) < 4.78 is 17.0. The molecule has 0 spiro atoms. The molecule has 0 saturated carbocycles. The number of esters is 2. The Bertz CT molecular complexity index is 1110. The number of benzene rings is 1. The maximum Gasteiger partial charge on any atom is 0.347 e. The van der Waals surface area contributed by atoms with Crippen LogP contribution in [0.3, 0.4) is 0 Å². The minimum Gasteiger partial charge on any atom is -0.460 e. The van der Waals surface area contributed by atoms with Gasteiger partial charge in [-0.2, -0.15) is 0 Å². The number of H-pyrrole nitrogens is 1. The third-order valence-corrected chi connectivity index (χ3v) is 5.03. The van der Waals surface area contributed by atoms with Crippen LogP contribution in [0.1, 0.15) is 35.5 Å². The summed E-state index contributed by atoms with van der Waals surface area (Å²) in [4.78, 5) is 51.8. The largest absolute Gasteiger partial charge is 0.460 e. The van der Waals surface area contributed by atoms with Gasteiger partial charge < -0.3 is 19.3 Å². The lowest BCUT2D eigenvalue weighted by atomic mass is 10.2. The molecule has 2 heterocycles. The molecule has 0 aliphatic carbocycles. The summed E-state index contributed by atoms with van der Waals surface area (Å²) in [6.45, 7) is 1.06. The van der Waals surface area contributed by atoms with Crippen molar-refractivity contribution < 1.29 is 28.9 Å². The molecule has 2 aromatic rings. The number of aromatic amines is 1. The Balaban J connectivity index is 1.58. The molecule has 1 saturated heterocycles. The number of hydrogen-bond donors (Lipinski definition) is 2. The van der Waals surface area contributed by atoms with Crippen LogP contribution in [0.25, 0.3) is 6.08 Å². The fourth-order valence-electron chi connectivity index (χ4n) is 3.07. The molecule has 1 aromatic carbocycles. The zero-order valence-corrected chi connectivity index (χ0v) is 18.6. The van der Waals surface area contributed by atoms with Crippen molar-refractivity contribution in [2.24, 2.45) is 0 Å². The molecule has 0 amide bonds. The number of nitrogens with one attached hydrogen (secondary N) is 1. The smallest absolute Gasteiger partial charge is 0.347 e. The van der Waals surface area contributed by atoms with E-state index < -0.39 is 47.7 Å². The molecule has 2 N–H and O–H groups in total. The summed E-state index contributed by atoms with van der Waals surface area (Å²) in [7, 11) is 0. The molecule has 170 valence electrons. The Morgan fingerprint density at radius 1 is 1.34 bits per heavy atom. The zero-order chi connectivity index (χ0) is 23.3. The van der Waals surface area contributed by atoms with Crippen molar-refractivity contribution in [2.45, 2.75) is 37.9 Å². The Morgan fingerprint density at radius 3 is 2.75 bits per heavy atom. The van der Waals surface area contributed by atoms with Crippen molar-refractivity contribution in [3.8, 4) is 0 Å². The molecular weight excluding hydrogens is 488 g/mol. The molecule has 1 fully saturated rings. The van der Waals surface area contributed by atoms with E-state index in [-0.39, 0.29) is 18.6 Å². The molecule has 10 nitrogen and oxygen atoms in total. The van der Waals surface area contributed by atoms with Crippen LogP contribution < -0.4 is 11.2 Å². The molecule has 3 rings (SSSR count). The van der Waals surface area contributed by atoms with Crippen molar-refractivity contribution in [3.05, 3.63) is 73.5 Å². The van der Waals surface area contributed by atoms with Crippen LogP contribution in [0.4, 0.5) is 0 Å². The molecule has 1 aliphatic rings. The average molecular weight is 509 g/mol. The van der Waals surface area contributed by atoms with Gasteiger partial charge in [0.15, 0.2) is 6.10 Å². The molecule has 32 heavy (non-hydrogen) atoms. The second kappa shape index (κ2) is 10.5. The van der Waals surface area contributed by atoms with E-state index in [1.54, 1.807) is 30.3 Å². The molecule has 1 aliphatic heterocycles. The first-order valence-electron chi connectivity index (χ1n) is 9.68. The van der Waals surface area contributed by atoms with E-state index in [2.05, 4.69) is 20.9 Å². The van der Waals surface area contributed by atoms with E-state index in [9.17, 15) is 24.3 Å². The number of carbonyl (C=O) groups is 2. The van der Waals surface area contributed by atoms with Crippen LogP contribution in [0.2, 0.25) is 0 Å². The van der Waals surface area contributed by atoms with E-state index in [1.807, 2.05) is 0 Å². The van der Waals surface area contributed by atoms with Gasteiger partial charge in [0.2, 0.25) is 0 Å². The minimum absolute atomic E-state index is 0.0458. The maximum atomic E-state index is 12.2. The van der Waals surface area contributed by atoms with Crippen LogP contribution in [0.5, 0.6) is 0 Å². The van der Waals surface area contributed by atoms with Gasteiger partial charge >= 0.3 is 17.6 Å². The SMILES string of the molecule is CC(OC(=O)c1ccccc1)C(=O)OC[C@@H]1O[C@H](n2cc(/C=C/Br)c(=O)[nH]c2=O)CC1O. The normalized spacial score (nSPS) is 21.4. The van der Waals surface area contributed by atoms with E-state index in [0.717, 1.165) is 4.57 Å². The summed E-state index contributed by atoms with van der Waals surface area (Å²) in [5.41, 5.74) is -0.753. The van der Waals surface area contributed by atoms with Gasteiger partial charge in [-0.15, -0.1) is 0 Å². The van der Waals surface area contributed by atoms with Crippen molar-refractivity contribution in [1.29, 1.82) is 0 Å². The van der Waals surface area contributed by atoms with E-state index in [4.69, 9.17) is 14.2 Å². The Kier molecular flexibility index (Phi) is 7.78. The summed E-state index contributed by atoms with van der Waals surface area (Å²) in [6, 6.07) is 8.20. The molecular formula is C21H21BrN2O8. The first-order chi connectivity index (χ1) is 15.3. The molecule has 1 aromatic heterocycles. The van der Waals surface area contributed by atoms with Gasteiger partial charge in [-0.05, 0) is 30.1 Å². The fourth-order valence-corrected chi connectivity index (χ4v) is 3.35. The van der Waals surface area contributed by atoms with Crippen molar-refractivity contribution >= 4 is 33.9 Å². The second-order valence-electron chi connectivity index (χ2n) is 7.02. The van der Waals surface area contributed by atoms with Gasteiger partial charge in [0.1, 0.15) is 18.9 Å². The van der Waals surface area contributed by atoms with E-state index in [0.29, 0.717) is 5.56 Å². The molecule has 0 bridgehead atoms. The third kappa shape index (κ3) is 5.61. The predicted octanol–water partition coefficient (Wildman–Crippen LogP) is 1.34. The highest BCUT2D eigenvalue weighted by Gasteiger charge is 2.37. The standard InChI is InChI=1S/C21H21BrN2O8/c1-12(31-20(28)13-5-3-2-4-6-13)19(27)30-11-16-15(25)9-17(32-16)24-10-14(7-8-22)18(26)23-21(24)29/h2-8,10,12,15-17,25H,9,11H2,1H3,(H,23,26,29)/b8-7+/t12?,15?,16-,17-/m0/s1. The first-order valence-corrected chi connectivity index (χ1v) is 10.6. The van der Waals surface area contributed by atoms with Crippen molar-refractivity contribution in [3.63, 3.8) is 0 Å². The van der Waals surface area contributed by atoms with Gasteiger partial charge in [0.05, 0.1) is 17.2 Å². The highest BCUT2D eigenvalue weighted by molar-refractivity contribution is 9.11. The van der Waals surface area contributed by atoms with E-state index in [1.165, 1.54) is 24.2 Å². The van der Waals surface area contributed by atoms with Crippen LogP contribution in [0.15, 0.2) is 51.1 Å². The van der Waals surface area contributed by atoms with Crippen LogP contribution in [0, 0.1) is 0 Å². The number of aliphatic hydroxyl groups is 1. The maximum absolute atomic E-state index is 12.2. The molecule has 11 heteroatoms. The highest BCUT2D eigenvalue weighted by Crippen LogP contribution is 2.28. The fraction of sp³-hybridized carbons (Fsp3) is 0.333. The quantitative estimate of drug-likeness (QED) is 0.534. The monoisotopic (exact) mass is 508 g/mol. The Morgan fingerprint density at radius 2 is 2.06 bits per heavy atom. The molecule has 0 radical (unpaired) electrons. The van der Waals surface area contributed by atoms with E-state index >= 15 is 0 Å². The summed E-state index contributed by atoms with van der Waals surface area (Å²) in [6.07, 6.45) is -1.15. The lowest BCUT2D eigenvalue weighted by Gasteiger charge is -2.18. The number of rotatable bonds is 7. The van der Waals surface area contributed by atoms with Crippen molar-refractivity contribution in [2.75, 3.05) is 6.61 Å². The Labute approximate surface area is 190 Å². The number of aromatic nitrogens is 2. The topological polar surface area (TPSA) is 137 Å². The van der Waals surface area contributed by atoms with Crippen LogP contribution in [-0.2, 0) is 19.0 Å². The van der Waals surface area contributed by atoms with Crippen LogP contribution >= 0.6 is 15.9 Å². The lowest BCUT2D eigenvalue weighted by Crippen LogP contribution is -2.34. The zero-order valence-electron chi connectivity index (χ0n) is 17.0. The Hall–Kier alpha value is -3.02. The predicted molar refractivity (Wildman–Crippen MR) is 116 cm³/mol. The van der Waals surface area contributed by atoms with Gasteiger partial charge in [-0.1, -0.05) is 34.1 Å². The number of hydrogen-bond acceptors (Lipinski definition) is 8. The number of ether oxygens (including phenoxy) is 3. The van der Waals surface area contributed by atoms with Gasteiger partial charge in [-0.25, -0.2) is 14.4 Å². The molecule has 2 unspecified atom stereocenters. The highest BCUT2D eigenvalue weighted by atomic mass is 79.9. The van der Waals surface area contributed by atoms with Gasteiger partial charge in [0.25, 0.3) is 5.56 Å². The van der Waals surface area contributed by atoms with Gasteiger partial charge in [-0.3, -0.25) is 14.3 Å². The number of carbonyl (C=O) groups excluding carboxylic acids is 2. The summed E-state index contributed by atoms with van der Waals surface area (Å²) in [5, 5.41) is 10.3. The van der Waals surface area contributed by atoms with Crippen LogP contribution in [-0.4, -0.2) is 51.5 Å². The summed E-state index contributed by atoms with van der Waals surface area (Å²) >= 11 is 3.07. The summed E-state index contributed by atoms with van der Waals surface area (Å²) in [5.74, 6) is -1.47. The van der Waals surface area contributed by atoms with Gasteiger partial charge in [0, 0.05) is 12.6 Å². The third-order valence-electron chi connectivity index (χ3n) is 4.77. The molecule has 4 atom stereocenters. The number of halogens is 1. The lowest BCUT2D eigenvalue weighted by molar-refractivity contribution is -0.159. The second-order valence-corrected chi connectivity index (χ2v) is 7.55. The first kappa shape index (κ1) is 23.6. The van der Waals surface area contributed by atoms with Crippen molar-refractivity contribution in [1.82, 2.24) is 9.55 Å². The minimum atomic E-state index is -1.17. The number of aliphatic hydroxyl groups excluding tert-OH is 1. The average Bonchev–Trinajstić information content (AvgIpc) is 3.14.